The monoisotopic (exact) mass is 1110 g/mol. The Balaban J connectivity index is 0.598. The molecule has 2 aliphatic carbocycles. The minimum atomic E-state index is -1.99. The number of hydrogen-bond donors (Lipinski definition) is 3. The summed E-state index contributed by atoms with van der Waals surface area (Å²) >= 11 is 6.29. The number of benzene rings is 2. The van der Waals surface area contributed by atoms with E-state index < -0.39 is 23.2 Å². The molecule has 3 aromatic heterocycles. The van der Waals surface area contributed by atoms with Crippen LogP contribution >= 0.6 is 11.6 Å². The van der Waals surface area contributed by atoms with Crippen LogP contribution in [0.2, 0.25) is 5.02 Å². The van der Waals surface area contributed by atoms with Gasteiger partial charge in [0.2, 0.25) is 17.5 Å². The Morgan fingerprint density at radius 2 is 1.70 bits per heavy atom. The van der Waals surface area contributed by atoms with Crippen molar-refractivity contribution in [3.63, 3.8) is 0 Å². The maximum atomic E-state index is 15.4. The summed E-state index contributed by atoms with van der Waals surface area (Å²) in [6.45, 7) is 14.7. The molecule has 6 aliphatic rings. The number of aryl methyl sites for hydroxylation is 1. The average Bonchev–Trinajstić information content (AvgIpc) is 3.97. The number of ether oxygens (including phenoxy) is 1. The van der Waals surface area contributed by atoms with Crippen molar-refractivity contribution < 1.29 is 33.4 Å². The number of halogens is 2. The lowest BCUT2D eigenvalue weighted by Gasteiger charge is -2.36. The Bertz CT molecular complexity index is 3360. The Hall–Kier alpha value is -7.01. The molecule has 0 bridgehead atoms. The molecule has 0 unspecified atom stereocenters. The third kappa shape index (κ3) is 10.6. The Morgan fingerprint density at radius 1 is 0.925 bits per heavy atom. The fourth-order valence-electron chi connectivity index (χ4n) is 13.3. The number of anilines is 2. The van der Waals surface area contributed by atoms with Gasteiger partial charge in [-0.3, -0.25) is 24.1 Å². The number of amides is 3. The fourth-order valence-corrected chi connectivity index (χ4v) is 13.5. The predicted octanol–water partition coefficient (Wildman–Crippen LogP) is 7.81. The van der Waals surface area contributed by atoms with E-state index in [2.05, 4.69) is 40.4 Å². The third-order valence-corrected chi connectivity index (χ3v) is 18.5. The first-order valence-corrected chi connectivity index (χ1v) is 28.9. The van der Waals surface area contributed by atoms with Crippen LogP contribution in [0.5, 0.6) is 0 Å². The number of fused-ring (bicyclic) bond motifs is 5. The molecule has 0 spiro atoms. The number of nitrogens with one attached hydrogen (secondary N) is 2. The van der Waals surface area contributed by atoms with Crippen LogP contribution in [-0.2, 0) is 44.3 Å². The lowest BCUT2D eigenvalue weighted by atomic mass is 9.81. The van der Waals surface area contributed by atoms with E-state index in [1.54, 1.807) is 36.6 Å². The van der Waals surface area contributed by atoms with Crippen LogP contribution in [0.15, 0.2) is 47.3 Å². The zero-order chi connectivity index (χ0) is 56.0. The summed E-state index contributed by atoms with van der Waals surface area (Å²) in [7, 11) is 2.05. The molecule has 11 rings (SSSR count). The van der Waals surface area contributed by atoms with Gasteiger partial charge in [-0.05, 0) is 124 Å². The van der Waals surface area contributed by atoms with Crippen molar-refractivity contribution in [2.75, 3.05) is 62.7 Å². The topological polar surface area (TPSA) is 200 Å². The molecule has 2 atom stereocenters. The smallest absolute Gasteiger partial charge is 0.343 e. The number of carbonyl (C=O) groups excluding carboxylic acids is 4. The average molecular weight is 1110 g/mol. The molecule has 4 aliphatic heterocycles. The minimum Gasteiger partial charge on any atom is -0.458 e. The molecule has 7 heterocycles. The van der Waals surface area contributed by atoms with Crippen LogP contribution in [0, 0.1) is 25.2 Å². The van der Waals surface area contributed by atoms with Crippen LogP contribution in [0.4, 0.5) is 21.6 Å². The molecule has 18 nitrogen and oxygen atoms in total. The number of aromatic nitrogens is 4. The van der Waals surface area contributed by atoms with Crippen LogP contribution < -0.4 is 26.0 Å². The molecule has 2 saturated heterocycles. The maximum absolute atomic E-state index is 15.4. The van der Waals surface area contributed by atoms with Gasteiger partial charge in [0.25, 0.3) is 11.5 Å². The highest BCUT2D eigenvalue weighted by Gasteiger charge is 2.46. The zero-order valence-electron chi connectivity index (χ0n) is 45.8. The van der Waals surface area contributed by atoms with Gasteiger partial charge < -0.3 is 39.7 Å². The highest BCUT2D eigenvalue weighted by molar-refractivity contribution is 6.33. The summed E-state index contributed by atoms with van der Waals surface area (Å²) < 4.78 is 22.3. The van der Waals surface area contributed by atoms with E-state index in [4.69, 9.17) is 27.9 Å². The summed E-state index contributed by atoms with van der Waals surface area (Å²) in [5.74, 6) is -0.0206. The van der Waals surface area contributed by atoms with Gasteiger partial charge in [0.15, 0.2) is 17.1 Å². The summed E-state index contributed by atoms with van der Waals surface area (Å²) in [6, 6.07) is 12.2. The van der Waals surface area contributed by atoms with E-state index in [-0.39, 0.29) is 66.8 Å². The van der Waals surface area contributed by atoms with Crippen LogP contribution in [0.3, 0.4) is 0 Å². The van der Waals surface area contributed by atoms with E-state index in [1.807, 2.05) is 30.1 Å². The number of carbonyl (C=O) groups is 4. The SMILES string of the molecule is [C-]#[N+]c1ccc(N(C)C2CCC(NC(=O)c3ccc(N4CCC(CCCCCC(=O)N5CCN(CC(=O)N[C@H]6CCc7c(C)c(F)cc8nc9c(c6c78)Cn6c-9cc7c(c6=O)COC(=O)[C@]7(O)CC)CC5)CC4)nn3)CC2)cc1Cl. The molecule has 420 valence electrons. The molecule has 2 aromatic carbocycles. The lowest BCUT2D eigenvalue weighted by molar-refractivity contribution is -0.172. The third-order valence-electron chi connectivity index (χ3n) is 18.2. The highest BCUT2D eigenvalue weighted by Crippen LogP contribution is 2.46. The number of piperidine rings is 1. The van der Waals surface area contributed by atoms with Crippen molar-refractivity contribution in [2.24, 2.45) is 5.92 Å². The van der Waals surface area contributed by atoms with E-state index in [1.165, 1.54) is 6.07 Å². The van der Waals surface area contributed by atoms with Crippen molar-refractivity contribution in [1.82, 2.24) is 40.2 Å². The summed E-state index contributed by atoms with van der Waals surface area (Å²) in [5, 5.41) is 27.9. The van der Waals surface area contributed by atoms with Gasteiger partial charge in [-0.2, -0.15) is 0 Å². The number of nitrogens with zero attached hydrogens (tertiary/aromatic N) is 9. The summed E-state index contributed by atoms with van der Waals surface area (Å²) in [5.41, 5.74) is 4.01. The Labute approximate surface area is 469 Å². The Kier molecular flexibility index (Phi) is 15.7. The number of cyclic esters (lactones) is 1. The molecular weight excluding hydrogens is 1040 g/mol. The standard InChI is InChI=1S/C60H69ClFN11O7/c1-5-60(79)43-30-50-56-41(32-73(50)58(77)42(43)34-80-59(60)78)55-47(18-16-40-35(2)45(62)31-49(66-56)54(40)55)65-52(74)33-70-25-27-72(28-26-70)53(75)10-8-6-7-9-36-21-23-71(24-22-36)51-20-19-48(67-68-51)57(76)64-37-11-13-38(14-12-37)69(4)39-15-17-46(63-3)44(61)29-39/h15,17,19-20,29-31,36-38,47,79H,5-14,16,18,21-28,32-34H2,1-2,4H3,(H,64,76)(H,65,74)/t37?,38?,47-,60-/m0/s1. The minimum absolute atomic E-state index is 0.00778. The summed E-state index contributed by atoms with van der Waals surface area (Å²) in [6.07, 6.45) is 11.3. The van der Waals surface area contributed by atoms with Gasteiger partial charge in [0, 0.05) is 98.1 Å². The fraction of sp³-hybridized carbons (Fsp3) is 0.517. The first-order valence-electron chi connectivity index (χ1n) is 28.5. The van der Waals surface area contributed by atoms with Gasteiger partial charge in [-0.15, -0.1) is 10.2 Å². The number of aliphatic hydroxyl groups is 1. The van der Waals surface area contributed by atoms with E-state index in [0.717, 1.165) is 111 Å². The second-order valence-corrected chi connectivity index (χ2v) is 23.2. The van der Waals surface area contributed by atoms with Crippen LogP contribution in [-0.4, -0.2) is 123 Å². The number of piperazine rings is 1. The number of hydrogen-bond acceptors (Lipinski definition) is 13. The molecule has 3 N–H and O–H groups in total. The molecule has 3 fully saturated rings. The first kappa shape index (κ1) is 54.9. The normalized spacial score (nSPS) is 21.8. The first-order chi connectivity index (χ1) is 38.6. The van der Waals surface area contributed by atoms with Crippen molar-refractivity contribution in [3.05, 3.63) is 114 Å². The maximum Gasteiger partial charge on any atom is 0.343 e. The molecule has 1 saturated carbocycles. The number of pyridine rings is 2. The number of rotatable bonds is 15. The van der Waals surface area contributed by atoms with Gasteiger partial charge >= 0.3 is 5.97 Å². The predicted molar refractivity (Wildman–Crippen MR) is 301 cm³/mol. The van der Waals surface area contributed by atoms with Crippen LogP contribution in [0.25, 0.3) is 27.1 Å². The molecule has 3 amide bonds. The quantitative estimate of drug-likeness (QED) is 0.0512. The molecular formula is C60H69ClFN11O7. The van der Waals surface area contributed by atoms with Crippen molar-refractivity contribution in [2.45, 2.75) is 141 Å². The van der Waals surface area contributed by atoms with Crippen molar-refractivity contribution >= 4 is 63.4 Å². The van der Waals surface area contributed by atoms with E-state index in [0.29, 0.717) is 96.3 Å². The Morgan fingerprint density at radius 3 is 2.41 bits per heavy atom. The van der Waals surface area contributed by atoms with Gasteiger partial charge in [0.05, 0.1) is 48.2 Å². The van der Waals surface area contributed by atoms with Gasteiger partial charge in [0.1, 0.15) is 12.4 Å². The van der Waals surface area contributed by atoms with E-state index >= 15 is 4.39 Å². The number of esters is 1. The lowest BCUT2D eigenvalue weighted by Crippen LogP contribution is -2.51. The molecule has 5 aromatic rings. The van der Waals surface area contributed by atoms with Crippen molar-refractivity contribution in [3.8, 4) is 11.4 Å². The van der Waals surface area contributed by atoms with Gasteiger partial charge in [-0.25, -0.2) is 19.0 Å². The largest absolute Gasteiger partial charge is 0.458 e. The van der Waals surface area contributed by atoms with Gasteiger partial charge in [-0.1, -0.05) is 43.9 Å². The second kappa shape index (κ2) is 22.9. The van der Waals surface area contributed by atoms with Crippen LogP contribution in [0.1, 0.15) is 140 Å². The second-order valence-electron chi connectivity index (χ2n) is 22.8. The molecule has 20 heteroatoms. The zero-order valence-corrected chi connectivity index (χ0v) is 46.5. The summed E-state index contributed by atoms with van der Waals surface area (Å²) in [4.78, 5) is 84.0. The molecule has 0 radical (unpaired) electrons. The molecule has 80 heavy (non-hydrogen) atoms. The van der Waals surface area contributed by atoms with E-state index in [9.17, 15) is 29.1 Å². The van der Waals surface area contributed by atoms with Crippen molar-refractivity contribution in [1.29, 1.82) is 0 Å². The highest BCUT2D eigenvalue weighted by atomic mass is 35.5. The number of unbranched alkanes of at least 4 members (excludes halogenated alkanes) is 2.